The number of imidazole rings is 1. The minimum Gasteiger partial charge on any atom is -0.380 e. The number of benzene rings is 2. The lowest BCUT2D eigenvalue weighted by Gasteiger charge is -2.47. The molecular weight excluding hydrogens is 376 g/mol. The summed E-state index contributed by atoms with van der Waals surface area (Å²) < 4.78 is 7.07. The van der Waals surface area contributed by atoms with Crippen LogP contribution in [0.4, 0.5) is 10.5 Å². The van der Waals surface area contributed by atoms with Crippen molar-refractivity contribution in [3.05, 3.63) is 60.4 Å². The molecule has 6 nitrogen and oxygen atoms in total. The first-order valence-corrected chi connectivity index (χ1v) is 10.9. The third-order valence-corrected chi connectivity index (χ3v) is 6.52. The number of carbonyl (C=O) groups is 1. The zero-order valence-electron chi connectivity index (χ0n) is 17.2. The summed E-state index contributed by atoms with van der Waals surface area (Å²) in [6, 6.07) is 16.3. The number of aromatic nitrogens is 2. The van der Waals surface area contributed by atoms with Gasteiger partial charge in [0, 0.05) is 25.0 Å². The summed E-state index contributed by atoms with van der Waals surface area (Å²) in [6.45, 7) is 4.49. The van der Waals surface area contributed by atoms with Gasteiger partial charge in [0.05, 0.1) is 24.4 Å². The largest absolute Gasteiger partial charge is 0.380 e. The first kappa shape index (κ1) is 19.1. The van der Waals surface area contributed by atoms with Crippen LogP contribution < -0.4 is 10.2 Å². The molecule has 0 atom stereocenters. The number of rotatable bonds is 5. The molecule has 2 fully saturated rings. The molecule has 2 aliphatic rings. The van der Waals surface area contributed by atoms with Crippen molar-refractivity contribution in [2.45, 2.75) is 25.7 Å². The third kappa shape index (κ3) is 3.67. The van der Waals surface area contributed by atoms with Crippen LogP contribution in [-0.4, -0.2) is 48.4 Å². The molecule has 0 unspecified atom stereocenters. The van der Waals surface area contributed by atoms with Crippen molar-refractivity contribution in [1.82, 2.24) is 14.9 Å². The quantitative estimate of drug-likeness (QED) is 0.657. The molecule has 156 valence electrons. The molecule has 1 amide bonds. The van der Waals surface area contributed by atoms with E-state index in [9.17, 15) is 4.79 Å². The van der Waals surface area contributed by atoms with Gasteiger partial charge < -0.3 is 15.0 Å². The molecular formula is C24H28N4O2. The van der Waals surface area contributed by atoms with Crippen molar-refractivity contribution in [2.24, 2.45) is 5.41 Å². The molecule has 2 saturated heterocycles. The van der Waals surface area contributed by atoms with Crippen molar-refractivity contribution in [3.63, 3.8) is 0 Å². The van der Waals surface area contributed by atoms with Gasteiger partial charge in [-0.25, -0.2) is 9.78 Å². The van der Waals surface area contributed by atoms with E-state index < -0.39 is 0 Å². The molecule has 0 radical (unpaired) electrons. The van der Waals surface area contributed by atoms with Crippen molar-refractivity contribution in [2.75, 3.05) is 37.7 Å². The minimum atomic E-state index is -0.119. The smallest absolute Gasteiger partial charge is 0.327 e. The Bertz CT molecular complexity index is 1020. The number of ether oxygens (including phenoxy) is 1. The second-order valence-electron chi connectivity index (χ2n) is 8.56. The number of aryl methyl sites for hydroxylation is 1. The van der Waals surface area contributed by atoms with Gasteiger partial charge in [0.1, 0.15) is 11.8 Å². The lowest BCUT2D eigenvalue weighted by molar-refractivity contribution is -0.124. The number of amides is 1. The van der Waals surface area contributed by atoms with E-state index in [1.807, 2.05) is 30.3 Å². The Morgan fingerprint density at radius 2 is 1.87 bits per heavy atom. The van der Waals surface area contributed by atoms with E-state index in [0.717, 1.165) is 68.7 Å². The summed E-state index contributed by atoms with van der Waals surface area (Å²) in [5.41, 5.74) is 4.58. The number of fused-ring (bicyclic) bond motifs is 1. The maximum atomic E-state index is 12.7. The fraction of sp³-hybridized carbons (Fsp3) is 0.417. The van der Waals surface area contributed by atoms with Gasteiger partial charge in [-0.05, 0) is 43.4 Å². The lowest BCUT2D eigenvalue weighted by Crippen LogP contribution is -2.51. The van der Waals surface area contributed by atoms with Gasteiger partial charge >= 0.3 is 6.03 Å². The topological polar surface area (TPSA) is 59.4 Å². The van der Waals surface area contributed by atoms with Crippen LogP contribution in [0.3, 0.4) is 0 Å². The van der Waals surface area contributed by atoms with E-state index in [2.05, 4.69) is 33.4 Å². The van der Waals surface area contributed by atoms with E-state index in [-0.39, 0.29) is 6.03 Å². The maximum Gasteiger partial charge on any atom is 0.327 e. The molecule has 3 heterocycles. The molecule has 1 aromatic heterocycles. The van der Waals surface area contributed by atoms with Gasteiger partial charge in [0.2, 0.25) is 0 Å². The first-order chi connectivity index (χ1) is 14.7. The molecule has 3 aromatic rings. The fourth-order valence-corrected chi connectivity index (χ4v) is 4.56. The normalized spacial score (nSPS) is 17.8. The Labute approximate surface area is 176 Å². The molecule has 2 aromatic carbocycles. The fourth-order valence-electron chi connectivity index (χ4n) is 4.56. The molecule has 0 bridgehead atoms. The van der Waals surface area contributed by atoms with Gasteiger partial charge in [0.15, 0.2) is 0 Å². The van der Waals surface area contributed by atoms with Crippen molar-refractivity contribution in [3.8, 4) is 0 Å². The second-order valence-corrected chi connectivity index (χ2v) is 8.56. The lowest BCUT2D eigenvalue weighted by atomic mass is 9.77. The van der Waals surface area contributed by atoms with Crippen LogP contribution >= 0.6 is 0 Å². The number of piperidine rings is 1. The van der Waals surface area contributed by atoms with Crippen molar-refractivity contribution < 1.29 is 9.53 Å². The average Bonchev–Trinajstić information content (AvgIpc) is 3.21. The van der Waals surface area contributed by atoms with E-state index in [1.165, 1.54) is 5.56 Å². The minimum absolute atomic E-state index is 0.119. The van der Waals surface area contributed by atoms with Crippen LogP contribution in [0.5, 0.6) is 0 Å². The molecule has 0 saturated carbocycles. The Kier molecular flexibility index (Phi) is 5.17. The Hall–Kier alpha value is -2.86. The summed E-state index contributed by atoms with van der Waals surface area (Å²) in [7, 11) is 0. The second kappa shape index (κ2) is 8.11. The highest BCUT2D eigenvalue weighted by Crippen LogP contribution is 2.40. The summed E-state index contributed by atoms with van der Waals surface area (Å²) in [4.78, 5) is 19.7. The number of carbonyl (C=O) groups excluding carboxylic acids is 1. The van der Waals surface area contributed by atoms with Crippen molar-refractivity contribution in [1.29, 1.82) is 0 Å². The summed E-state index contributed by atoms with van der Waals surface area (Å²) in [5, 5.41) is 3.03. The maximum absolute atomic E-state index is 12.7. The molecule has 6 heteroatoms. The van der Waals surface area contributed by atoms with E-state index in [1.54, 1.807) is 10.9 Å². The van der Waals surface area contributed by atoms with Gasteiger partial charge in [-0.3, -0.25) is 4.57 Å². The van der Waals surface area contributed by atoms with Gasteiger partial charge in [-0.15, -0.1) is 0 Å². The Morgan fingerprint density at radius 3 is 2.60 bits per heavy atom. The van der Waals surface area contributed by atoms with Crippen molar-refractivity contribution >= 4 is 22.8 Å². The van der Waals surface area contributed by atoms with Gasteiger partial charge in [0.25, 0.3) is 0 Å². The van der Waals surface area contributed by atoms with E-state index >= 15 is 0 Å². The highest BCUT2D eigenvalue weighted by molar-refractivity contribution is 5.95. The number of nitrogens with one attached hydrogen (secondary N) is 1. The molecule has 1 spiro atoms. The van der Waals surface area contributed by atoms with Crippen LogP contribution in [0, 0.1) is 5.41 Å². The number of hydrogen-bond acceptors (Lipinski definition) is 4. The molecule has 0 aliphatic carbocycles. The number of anilines is 1. The predicted molar refractivity (Wildman–Crippen MR) is 118 cm³/mol. The van der Waals surface area contributed by atoms with Gasteiger partial charge in [-0.2, -0.15) is 0 Å². The number of para-hydroxylation sites is 1. The van der Waals surface area contributed by atoms with E-state index in [0.29, 0.717) is 12.0 Å². The number of hydrogen-bond donors (Lipinski definition) is 1. The molecule has 1 N–H and O–H groups in total. The third-order valence-electron chi connectivity index (χ3n) is 6.52. The summed E-state index contributed by atoms with van der Waals surface area (Å²) in [6.07, 6.45) is 5.83. The highest BCUT2D eigenvalue weighted by atomic mass is 16.5. The zero-order chi connectivity index (χ0) is 20.4. The summed E-state index contributed by atoms with van der Waals surface area (Å²) >= 11 is 0. The SMILES string of the molecule is O=C(NCCCc1ccccc1)n1cnc2c(N3CCC4(CC3)COC4)cccc21. The molecule has 2 aliphatic heterocycles. The van der Waals surface area contributed by atoms with Crippen LogP contribution in [0.15, 0.2) is 54.9 Å². The Balaban J connectivity index is 1.23. The van der Waals surface area contributed by atoms with Crippen LogP contribution in [0.2, 0.25) is 0 Å². The molecule has 30 heavy (non-hydrogen) atoms. The monoisotopic (exact) mass is 404 g/mol. The number of nitrogens with zero attached hydrogens (tertiary/aromatic N) is 3. The van der Waals surface area contributed by atoms with Gasteiger partial charge in [-0.1, -0.05) is 36.4 Å². The highest BCUT2D eigenvalue weighted by Gasteiger charge is 2.41. The average molecular weight is 405 g/mol. The Morgan fingerprint density at radius 1 is 1.07 bits per heavy atom. The van der Waals surface area contributed by atoms with E-state index in [4.69, 9.17) is 4.74 Å². The summed E-state index contributed by atoms with van der Waals surface area (Å²) in [5.74, 6) is 0. The van der Waals surface area contributed by atoms with Crippen LogP contribution in [0.1, 0.15) is 24.8 Å². The van der Waals surface area contributed by atoms with Crippen LogP contribution in [-0.2, 0) is 11.2 Å². The molecule has 5 rings (SSSR count). The van der Waals surface area contributed by atoms with Crippen LogP contribution in [0.25, 0.3) is 11.0 Å². The first-order valence-electron chi connectivity index (χ1n) is 10.9. The predicted octanol–water partition coefficient (Wildman–Crippen LogP) is 3.84. The zero-order valence-corrected chi connectivity index (χ0v) is 17.2. The standard InChI is InChI=1S/C24H28N4O2/c29-23(25-13-5-8-19-6-2-1-3-7-19)28-18-26-22-20(9-4-10-21(22)28)27-14-11-24(12-15-27)16-30-17-24/h1-4,6-7,9-10,18H,5,8,11-17H2,(H,25,29).